The Morgan fingerprint density at radius 2 is 1.89 bits per heavy atom. The normalized spacial score (nSPS) is 12.4. The van der Waals surface area contributed by atoms with Gasteiger partial charge in [0.2, 0.25) is 0 Å². The molecular formula is C14H14F2N2. The smallest absolute Gasteiger partial charge is 0.141 e. The average molecular weight is 248 g/mol. The zero-order valence-electron chi connectivity index (χ0n) is 10.2. The van der Waals surface area contributed by atoms with Gasteiger partial charge in [-0.05, 0) is 42.8 Å². The van der Waals surface area contributed by atoms with Crippen LogP contribution in [0, 0.1) is 18.6 Å². The average Bonchev–Trinajstić information content (AvgIpc) is 2.35. The molecule has 1 aromatic heterocycles. The molecule has 2 rings (SSSR count). The van der Waals surface area contributed by atoms with Crippen LogP contribution in [-0.2, 0) is 0 Å². The van der Waals surface area contributed by atoms with Gasteiger partial charge >= 0.3 is 0 Å². The number of aromatic nitrogens is 1. The quantitative estimate of drug-likeness (QED) is 0.903. The monoisotopic (exact) mass is 248 g/mol. The molecule has 2 nitrogen and oxygen atoms in total. The third kappa shape index (κ3) is 2.54. The number of hydrogen-bond acceptors (Lipinski definition) is 2. The molecule has 0 bridgehead atoms. The molecule has 1 N–H and O–H groups in total. The molecule has 0 radical (unpaired) electrons. The van der Waals surface area contributed by atoms with Gasteiger partial charge in [-0.25, -0.2) is 8.78 Å². The number of pyridine rings is 1. The standard InChI is InChI=1S/C14H14F2N2/c1-9-3-4-10(6-13(9)16)14(17-2)11-5-12(15)8-18-7-11/h3-8,14,17H,1-2H3. The number of halogens is 2. The van der Waals surface area contributed by atoms with E-state index in [1.165, 1.54) is 12.1 Å². The largest absolute Gasteiger partial charge is 0.309 e. The van der Waals surface area contributed by atoms with E-state index < -0.39 is 5.82 Å². The summed E-state index contributed by atoms with van der Waals surface area (Å²) >= 11 is 0. The second-order valence-corrected chi connectivity index (χ2v) is 4.17. The highest BCUT2D eigenvalue weighted by atomic mass is 19.1. The van der Waals surface area contributed by atoms with E-state index in [1.807, 2.05) is 6.07 Å². The predicted octanol–water partition coefficient (Wildman–Crippen LogP) is 2.98. The maximum absolute atomic E-state index is 13.6. The van der Waals surface area contributed by atoms with Crippen molar-refractivity contribution in [2.75, 3.05) is 7.05 Å². The number of rotatable bonds is 3. The van der Waals surface area contributed by atoms with Gasteiger partial charge in [0.05, 0.1) is 12.2 Å². The van der Waals surface area contributed by atoms with Gasteiger partial charge in [0.1, 0.15) is 11.6 Å². The van der Waals surface area contributed by atoms with Crippen LogP contribution >= 0.6 is 0 Å². The van der Waals surface area contributed by atoms with Gasteiger partial charge in [0, 0.05) is 6.20 Å². The first-order valence-electron chi connectivity index (χ1n) is 5.65. The highest BCUT2D eigenvalue weighted by Crippen LogP contribution is 2.23. The fourth-order valence-corrected chi connectivity index (χ4v) is 1.90. The summed E-state index contributed by atoms with van der Waals surface area (Å²) in [5.74, 6) is -0.669. The van der Waals surface area contributed by atoms with Gasteiger partial charge in [-0.15, -0.1) is 0 Å². The Bertz CT molecular complexity index is 555. The molecule has 0 saturated carbocycles. The van der Waals surface area contributed by atoms with Gasteiger partial charge in [0.15, 0.2) is 0 Å². The molecule has 2 aromatic rings. The summed E-state index contributed by atoms with van der Waals surface area (Å²) in [5.41, 5.74) is 2.00. The van der Waals surface area contributed by atoms with Crippen LogP contribution in [0.25, 0.3) is 0 Å². The lowest BCUT2D eigenvalue weighted by molar-refractivity contribution is 0.599. The van der Waals surface area contributed by atoms with E-state index in [-0.39, 0.29) is 11.9 Å². The van der Waals surface area contributed by atoms with Crippen LogP contribution in [0.3, 0.4) is 0 Å². The SMILES string of the molecule is CNC(c1cncc(F)c1)c1ccc(C)c(F)c1. The lowest BCUT2D eigenvalue weighted by atomic mass is 9.99. The first kappa shape index (κ1) is 12.6. The second-order valence-electron chi connectivity index (χ2n) is 4.17. The number of nitrogens with one attached hydrogen (secondary N) is 1. The molecule has 1 atom stereocenters. The predicted molar refractivity (Wildman–Crippen MR) is 66.2 cm³/mol. The van der Waals surface area contributed by atoms with Crippen molar-refractivity contribution in [3.8, 4) is 0 Å². The molecule has 94 valence electrons. The molecule has 0 spiro atoms. The Morgan fingerprint density at radius 3 is 2.50 bits per heavy atom. The van der Waals surface area contributed by atoms with Gasteiger partial charge in [-0.3, -0.25) is 4.98 Å². The van der Waals surface area contributed by atoms with Crippen LogP contribution in [0.4, 0.5) is 8.78 Å². The molecule has 0 fully saturated rings. The van der Waals surface area contributed by atoms with E-state index in [0.717, 1.165) is 11.8 Å². The summed E-state index contributed by atoms with van der Waals surface area (Å²) < 4.78 is 26.7. The van der Waals surface area contributed by atoms with Crippen molar-refractivity contribution in [1.82, 2.24) is 10.3 Å². The Hall–Kier alpha value is -1.81. The van der Waals surface area contributed by atoms with Crippen LogP contribution in [0.2, 0.25) is 0 Å². The molecule has 0 amide bonds. The minimum atomic E-state index is -0.402. The highest BCUT2D eigenvalue weighted by Gasteiger charge is 2.14. The first-order chi connectivity index (χ1) is 8.61. The van der Waals surface area contributed by atoms with E-state index in [9.17, 15) is 8.78 Å². The molecule has 1 unspecified atom stereocenters. The third-order valence-corrected chi connectivity index (χ3v) is 2.88. The summed E-state index contributed by atoms with van der Waals surface area (Å²) in [6, 6.07) is 6.11. The van der Waals surface area contributed by atoms with Gasteiger partial charge in [-0.1, -0.05) is 12.1 Å². The Morgan fingerprint density at radius 1 is 1.11 bits per heavy atom. The van der Waals surface area contributed by atoms with Gasteiger partial charge < -0.3 is 5.32 Å². The molecule has 0 saturated heterocycles. The summed E-state index contributed by atoms with van der Waals surface area (Å²) in [6.45, 7) is 1.71. The van der Waals surface area contributed by atoms with E-state index in [0.29, 0.717) is 11.1 Å². The van der Waals surface area contributed by atoms with E-state index in [2.05, 4.69) is 10.3 Å². The van der Waals surface area contributed by atoms with Gasteiger partial charge in [0.25, 0.3) is 0 Å². The fraction of sp³-hybridized carbons (Fsp3) is 0.214. The minimum absolute atomic E-state index is 0.267. The van der Waals surface area contributed by atoms with Crippen molar-refractivity contribution in [2.24, 2.45) is 0 Å². The zero-order valence-corrected chi connectivity index (χ0v) is 10.2. The summed E-state index contributed by atoms with van der Waals surface area (Å²) in [7, 11) is 1.74. The fourth-order valence-electron chi connectivity index (χ4n) is 1.90. The van der Waals surface area contributed by atoms with Crippen molar-refractivity contribution in [3.05, 3.63) is 65.0 Å². The number of nitrogens with zero attached hydrogens (tertiary/aromatic N) is 1. The van der Waals surface area contributed by atoms with Crippen LogP contribution in [0.15, 0.2) is 36.7 Å². The molecule has 0 aliphatic rings. The van der Waals surface area contributed by atoms with Crippen molar-refractivity contribution >= 4 is 0 Å². The van der Waals surface area contributed by atoms with Crippen molar-refractivity contribution < 1.29 is 8.78 Å². The second kappa shape index (κ2) is 5.23. The van der Waals surface area contributed by atoms with Crippen LogP contribution in [0.1, 0.15) is 22.7 Å². The lowest BCUT2D eigenvalue weighted by Gasteiger charge is -2.17. The molecule has 1 aromatic carbocycles. The molecule has 4 heteroatoms. The van der Waals surface area contributed by atoms with Gasteiger partial charge in [-0.2, -0.15) is 0 Å². The molecule has 0 aliphatic heterocycles. The van der Waals surface area contributed by atoms with Crippen LogP contribution in [-0.4, -0.2) is 12.0 Å². The molecule has 18 heavy (non-hydrogen) atoms. The lowest BCUT2D eigenvalue weighted by Crippen LogP contribution is -2.18. The van der Waals surface area contributed by atoms with Crippen molar-refractivity contribution in [3.63, 3.8) is 0 Å². The number of aryl methyl sites for hydroxylation is 1. The Balaban J connectivity index is 2.42. The number of benzene rings is 1. The maximum Gasteiger partial charge on any atom is 0.141 e. The summed E-state index contributed by atoms with van der Waals surface area (Å²) in [5, 5.41) is 3.04. The van der Waals surface area contributed by atoms with Crippen LogP contribution in [0.5, 0.6) is 0 Å². The third-order valence-electron chi connectivity index (χ3n) is 2.88. The van der Waals surface area contributed by atoms with E-state index in [4.69, 9.17) is 0 Å². The first-order valence-corrected chi connectivity index (χ1v) is 5.65. The van der Waals surface area contributed by atoms with Crippen molar-refractivity contribution in [2.45, 2.75) is 13.0 Å². The Kier molecular flexibility index (Phi) is 3.67. The van der Waals surface area contributed by atoms with E-state index in [1.54, 1.807) is 26.2 Å². The Labute approximate surface area is 105 Å². The minimum Gasteiger partial charge on any atom is -0.309 e. The summed E-state index contributed by atoms with van der Waals surface area (Å²) in [6.07, 6.45) is 2.72. The molecular weight excluding hydrogens is 234 g/mol. The highest BCUT2D eigenvalue weighted by molar-refractivity contribution is 5.32. The number of hydrogen-bond donors (Lipinski definition) is 1. The molecule has 0 aliphatic carbocycles. The van der Waals surface area contributed by atoms with Crippen LogP contribution < -0.4 is 5.32 Å². The van der Waals surface area contributed by atoms with Crippen molar-refractivity contribution in [1.29, 1.82) is 0 Å². The summed E-state index contributed by atoms with van der Waals surface area (Å²) in [4.78, 5) is 3.81. The zero-order chi connectivity index (χ0) is 13.1. The topological polar surface area (TPSA) is 24.9 Å². The van der Waals surface area contributed by atoms with E-state index >= 15 is 0 Å². The molecule has 1 heterocycles. The maximum atomic E-state index is 13.6.